The number of para-hydroxylation sites is 2. The van der Waals surface area contributed by atoms with Gasteiger partial charge in [0.1, 0.15) is 0 Å². The van der Waals surface area contributed by atoms with Crippen molar-refractivity contribution in [2.24, 2.45) is 0 Å². The summed E-state index contributed by atoms with van der Waals surface area (Å²) in [5.74, 6) is 0.328. The molecular formula is C14H20N2O4. The van der Waals surface area contributed by atoms with E-state index in [1.54, 1.807) is 23.1 Å². The number of nitro groups is 1. The van der Waals surface area contributed by atoms with Crippen molar-refractivity contribution in [3.8, 4) is 5.75 Å². The lowest BCUT2D eigenvalue weighted by molar-refractivity contribution is -0.385. The molecule has 0 fully saturated rings. The molecule has 0 aliphatic carbocycles. The van der Waals surface area contributed by atoms with Gasteiger partial charge in [0.05, 0.1) is 11.5 Å². The average Bonchev–Trinajstić information content (AvgIpc) is 2.45. The van der Waals surface area contributed by atoms with Crippen LogP contribution in [0.3, 0.4) is 0 Å². The largest absolute Gasteiger partial charge is 0.487 e. The molecule has 0 bridgehead atoms. The smallest absolute Gasteiger partial charge is 0.310 e. The van der Waals surface area contributed by atoms with Crippen molar-refractivity contribution >= 4 is 11.6 Å². The first-order chi connectivity index (χ1) is 9.60. The second kappa shape index (κ2) is 8.14. The monoisotopic (exact) mass is 280 g/mol. The van der Waals surface area contributed by atoms with Crippen molar-refractivity contribution in [1.82, 2.24) is 4.90 Å². The van der Waals surface area contributed by atoms with E-state index in [1.807, 2.05) is 13.8 Å². The zero-order valence-corrected chi connectivity index (χ0v) is 11.9. The second-order valence-electron chi connectivity index (χ2n) is 4.24. The zero-order chi connectivity index (χ0) is 15.0. The van der Waals surface area contributed by atoms with E-state index >= 15 is 0 Å². The van der Waals surface area contributed by atoms with Gasteiger partial charge in [0.25, 0.3) is 0 Å². The van der Waals surface area contributed by atoms with Crippen LogP contribution in [0.2, 0.25) is 0 Å². The minimum atomic E-state index is -0.476. The fraction of sp³-hybridized carbons (Fsp3) is 0.500. The SMILES string of the molecule is CCN(CC)C(=O)CCCOc1ccccc1[N+](=O)[O-]. The first-order valence-electron chi connectivity index (χ1n) is 6.74. The maximum Gasteiger partial charge on any atom is 0.310 e. The van der Waals surface area contributed by atoms with Crippen LogP contribution in [0.15, 0.2) is 24.3 Å². The Bertz CT molecular complexity index is 458. The van der Waals surface area contributed by atoms with Gasteiger partial charge in [0, 0.05) is 25.6 Å². The van der Waals surface area contributed by atoms with Crippen molar-refractivity contribution < 1.29 is 14.5 Å². The molecule has 0 N–H and O–H groups in total. The molecule has 6 heteroatoms. The number of benzene rings is 1. The average molecular weight is 280 g/mol. The Hall–Kier alpha value is -2.11. The number of ether oxygens (including phenoxy) is 1. The second-order valence-corrected chi connectivity index (χ2v) is 4.24. The summed E-state index contributed by atoms with van der Waals surface area (Å²) in [7, 11) is 0. The normalized spacial score (nSPS) is 10.1. The molecule has 0 aromatic heterocycles. The molecular weight excluding hydrogens is 260 g/mol. The Morgan fingerprint density at radius 2 is 1.95 bits per heavy atom. The first kappa shape index (κ1) is 15.9. The number of nitro benzene ring substituents is 1. The maximum atomic E-state index is 11.8. The van der Waals surface area contributed by atoms with Crippen molar-refractivity contribution in [2.75, 3.05) is 19.7 Å². The van der Waals surface area contributed by atoms with E-state index in [1.165, 1.54) is 6.07 Å². The summed E-state index contributed by atoms with van der Waals surface area (Å²) in [6.45, 7) is 5.55. The highest BCUT2D eigenvalue weighted by Crippen LogP contribution is 2.25. The van der Waals surface area contributed by atoms with Crippen LogP contribution < -0.4 is 4.74 Å². The molecule has 1 rings (SSSR count). The fourth-order valence-electron chi connectivity index (χ4n) is 1.87. The van der Waals surface area contributed by atoms with E-state index in [2.05, 4.69) is 0 Å². The molecule has 0 aliphatic rings. The van der Waals surface area contributed by atoms with Gasteiger partial charge in [-0.2, -0.15) is 0 Å². The van der Waals surface area contributed by atoms with E-state index in [0.717, 1.165) is 0 Å². The molecule has 110 valence electrons. The summed E-state index contributed by atoms with van der Waals surface area (Å²) in [4.78, 5) is 23.8. The summed E-state index contributed by atoms with van der Waals surface area (Å²) in [6.07, 6.45) is 0.934. The molecule has 1 aromatic carbocycles. The number of amides is 1. The molecule has 1 aromatic rings. The van der Waals surface area contributed by atoms with Gasteiger partial charge in [-0.05, 0) is 26.3 Å². The lowest BCUT2D eigenvalue weighted by Crippen LogP contribution is -2.30. The van der Waals surface area contributed by atoms with Crippen LogP contribution in [0.1, 0.15) is 26.7 Å². The van der Waals surface area contributed by atoms with E-state index in [4.69, 9.17) is 4.74 Å². The molecule has 0 aliphatic heterocycles. The van der Waals surface area contributed by atoms with Gasteiger partial charge >= 0.3 is 5.69 Å². The van der Waals surface area contributed by atoms with Gasteiger partial charge in [-0.1, -0.05) is 12.1 Å². The Morgan fingerprint density at radius 1 is 1.30 bits per heavy atom. The quantitative estimate of drug-likeness (QED) is 0.417. The van der Waals surface area contributed by atoms with Crippen LogP contribution in [0, 0.1) is 10.1 Å². The Balaban J connectivity index is 2.42. The van der Waals surface area contributed by atoms with Gasteiger partial charge < -0.3 is 9.64 Å². The number of hydrogen-bond donors (Lipinski definition) is 0. The summed E-state index contributed by atoms with van der Waals surface area (Å²) in [5, 5.41) is 10.8. The van der Waals surface area contributed by atoms with Crippen LogP contribution in [0.4, 0.5) is 5.69 Å². The van der Waals surface area contributed by atoms with Gasteiger partial charge in [-0.3, -0.25) is 14.9 Å². The molecule has 20 heavy (non-hydrogen) atoms. The Morgan fingerprint density at radius 3 is 2.55 bits per heavy atom. The Kier molecular flexibility index (Phi) is 6.49. The number of rotatable bonds is 8. The third-order valence-corrected chi connectivity index (χ3v) is 2.97. The summed E-state index contributed by atoms with van der Waals surface area (Å²) >= 11 is 0. The fourth-order valence-corrected chi connectivity index (χ4v) is 1.87. The number of hydrogen-bond acceptors (Lipinski definition) is 4. The third-order valence-electron chi connectivity index (χ3n) is 2.97. The van der Waals surface area contributed by atoms with E-state index in [-0.39, 0.29) is 24.0 Å². The summed E-state index contributed by atoms with van der Waals surface area (Å²) < 4.78 is 5.38. The number of nitrogens with zero attached hydrogens (tertiary/aromatic N) is 2. The van der Waals surface area contributed by atoms with E-state index in [0.29, 0.717) is 25.9 Å². The predicted octanol–water partition coefficient (Wildman–Crippen LogP) is 2.62. The molecule has 0 spiro atoms. The standard InChI is InChI=1S/C14H20N2O4/c1-3-15(4-2)14(17)10-7-11-20-13-9-6-5-8-12(13)16(18)19/h5-6,8-9H,3-4,7,10-11H2,1-2H3. The lowest BCUT2D eigenvalue weighted by atomic mass is 10.2. The van der Waals surface area contributed by atoms with Crippen molar-refractivity contribution in [2.45, 2.75) is 26.7 Å². The lowest BCUT2D eigenvalue weighted by Gasteiger charge is -2.18. The Labute approximate surface area is 118 Å². The molecule has 0 atom stereocenters. The highest BCUT2D eigenvalue weighted by atomic mass is 16.6. The third kappa shape index (κ3) is 4.53. The van der Waals surface area contributed by atoms with Crippen molar-refractivity contribution in [3.05, 3.63) is 34.4 Å². The number of carbonyl (C=O) groups is 1. The molecule has 6 nitrogen and oxygen atoms in total. The van der Waals surface area contributed by atoms with Gasteiger partial charge in [-0.25, -0.2) is 0 Å². The molecule has 0 saturated carbocycles. The maximum absolute atomic E-state index is 11.8. The molecule has 0 radical (unpaired) electrons. The van der Waals surface area contributed by atoms with E-state index < -0.39 is 4.92 Å². The highest BCUT2D eigenvalue weighted by Gasteiger charge is 2.14. The van der Waals surface area contributed by atoms with Crippen LogP contribution in [0.5, 0.6) is 5.75 Å². The molecule has 1 amide bonds. The van der Waals surface area contributed by atoms with Crippen LogP contribution in [-0.4, -0.2) is 35.4 Å². The molecule has 0 heterocycles. The molecule has 0 saturated heterocycles. The molecule has 0 unspecified atom stereocenters. The first-order valence-corrected chi connectivity index (χ1v) is 6.74. The summed E-state index contributed by atoms with van der Waals surface area (Å²) in [6, 6.07) is 6.24. The van der Waals surface area contributed by atoms with Crippen LogP contribution in [-0.2, 0) is 4.79 Å². The van der Waals surface area contributed by atoms with Crippen LogP contribution in [0.25, 0.3) is 0 Å². The van der Waals surface area contributed by atoms with Gasteiger partial charge in [0.2, 0.25) is 5.91 Å². The summed E-state index contributed by atoms with van der Waals surface area (Å²) in [5.41, 5.74) is -0.0532. The van der Waals surface area contributed by atoms with E-state index in [9.17, 15) is 14.9 Å². The number of carbonyl (C=O) groups excluding carboxylic acids is 1. The van der Waals surface area contributed by atoms with Crippen molar-refractivity contribution in [1.29, 1.82) is 0 Å². The minimum absolute atomic E-state index is 0.0532. The van der Waals surface area contributed by atoms with Crippen LogP contribution >= 0.6 is 0 Å². The topological polar surface area (TPSA) is 72.7 Å². The minimum Gasteiger partial charge on any atom is -0.487 e. The zero-order valence-electron chi connectivity index (χ0n) is 11.9. The van der Waals surface area contributed by atoms with Gasteiger partial charge in [0.15, 0.2) is 5.75 Å². The van der Waals surface area contributed by atoms with Crippen molar-refractivity contribution in [3.63, 3.8) is 0 Å². The van der Waals surface area contributed by atoms with Gasteiger partial charge in [-0.15, -0.1) is 0 Å². The highest BCUT2D eigenvalue weighted by molar-refractivity contribution is 5.76. The predicted molar refractivity (Wildman–Crippen MR) is 75.8 cm³/mol.